The van der Waals surface area contributed by atoms with Gasteiger partial charge in [0.15, 0.2) is 0 Å². The summed E-state index contributed by atoms with van der Waals surface area (Å²) in [5.41, 5.74) is 1.36. The molecule has 1 aliphatic heterocycles. The lowest BCUT2D eigenvalue weighted by Gasteiger charge is -2.39. The number of hydrogen-bond acceptors (Lipinski definition) is 7. The zero-order valence-corrected chi connectivity index (χ0v) is 28.2. The van der Waals surface area contributed by atoms with Crippen LogP contribution in [0.15, 0.2) is 18.2 Å². The summed E-state index contributed by atoms with van der Waals surface area (Å²) in [4.78, 5) is 59.5. The van der Waals surface area contributed by atoms with Crippen molar-refractivity contribution in [3.8, 4) is 5.75 Å². The van der Waals surface area contributed by atoms with Crippen LogP contribution < -0.4 is 15.4 Å². The molecule has 4 amide bonds. The normalized spacial score (nSPS) is 16.9. The summed E-state index contributed by atoms with van der Waals surface area (Å²) in [7, 11) is 8.36. The quantitative estimate of drug-likeness (QED) is 0.383. The topological polar surface area (TPSA) is 125 Å². The number of carbonyl (C=O) groups excluding carboxylic acids is 4. The number of aryl methyl sites for hydroxylation is 1. The van der Waals surface area contributed by atoms with Crippen molar-refractivity contribution < 1.29 is 28.7 Å². The van der Waals surface area contributed by atoms with Crippen LogP contribution in [0.25, 0.3) is 10.9 Å². The van der Waals surface area contributed by atoms with Crippen molar-refractivity contribution >= 4 is 46.9 Å². The van der Waals surface area contributed by atoms with E-state index >= 15 is 0 Å². The highest BCUT2D eigenvalue weighted by Gasteiger charge is 2.37. The standard InChI is InChI=1S/C32H48N6O6.ClH/c1-21(33-2)29(39)34-27(22-10-8-7-9-11-22)31(41)37-14-16-38(17-15-37)32(42)28-26(30(40)35(3)18-19-43-5)24-13-12-23(44-6)20-25(24)36(28)4;/h12-13,20-22,27,33H,7-11,14-19H2,1-6H3,(H,34,39);1H. The highest BCUT2D eigenvalue weighted by atomic mass is 35.5. The maximum atomic E-state index is 14.1. The first-order chi connectivity index (χ1) is 21.1. The van der Waals surface area contributed by atoms with E-state index in [4.69, 9.17) is 9.47 Å². The minimum Gasteiger partial charge on any atom is -0.497 e. The number of rotatable bonds is 11. The van der Waals surface area contributed by atoms with Gasteiger partial charge in [0.05, 0.1) is 30.8 Å². The summed E-state index contributed by atoms with van der Waals surface area (Å²) in [5.74, 6) is -0.0894. The van der Waals surface area contributed by atoms with E-state index in [2.05, 4.69) is 10.6 Å². The molecule has 1 saturated carbocycles. The summed E-state index contributed by atoms with van der Waals surface area (Å²) >= 11 is 0. The minimum atomic E-state index is -0.583. The summed E-state index contributed by atoms with van der Waals surface area (Å²) < 4.78 is 12.3. The molecule has 2 heterocycles. The lowest BCUT2D eigenvalue weighted by atomic mass is 9.83. The van der Waals surface area contributed by atoms with Gasteiger partial charge in [-0.1, -0.05) is 19.3 Å². The van der Waals surface area contributed by atoms with Crippen molar-refractivity contribution in [2.24, 2.45) is 13.0 Å². The Morgan fingerprint density at radius 2 is 1.67 bits per heavy atom. The average molecular weight is 649 g/mol. The van der Waals surface area contributed by atoms with Gasteiger partial charge in [-0.25, -0.2) is 0 Å². The lowest BCUT2D eigenvalue weighted by molar-refractivity contribution is -0.140. The van der Waals surface area contributed by atoms with Crippen LogP contribution in [0, 0.1) is 5.92 Å². The van der Waals surface area contributed by atoms with E-state index < -0.39 is 12.1 Å². The molecule has 2 aromatic rings. The van der Waals surface area contributed by atoms with Crippen molar-refractivity contribution in [1.82, 2.24) is 29.9 Å². The fourth-order valence-electron chi connectivity index (χ4n) is 6.27. The van der Waals surface area contributed by atoms with Crippen molar-refractivity contribution in [1.29, 1.82) is 0 Å². The fraction of sp³-hybridized carbons (Fsp3) is 0.625. The van der Waals surface area contributed by atoms with Crippen LogP contribution in [0.5, 0.6) is 5.75 Å². The number of ether oxygens (including phenoxy) is 2. The maximum Gasteiger partial charge on any atom is 0.271 e. The third-order valence-corrected chi connectivity index (χ3v) is 9.19. The zero-order chi connectivity index (χ0) is 32.0. The Morgan fingerprint density at radius 3 is 2.27 bits per heavy atom. The number of aromatic nitrogens is 1. The molecular weight excluding hydrogens is 600 g/mol. The van der Waals surface area contributed by atoms with Gasteiger partial charge < -0.3 is 39.4 Å². The highest BCUT2D eigenvalue weighted by molar-refractivity contribution is 6.16. The van der Waals surface area contributed by atoms with E-state index in [1.807, 2.05) is 12.1 Å². The largest absolute Gasteiger partial charge is 0.497 e. The van der Waals surface area contributed by atoms with Gasteiger partial charge in [-0.2, -0.15) is 0 Å². The van der Waals surface area contributed by atoms with Crippen LogP contribution >= 0.6 is 12.4 Å². The number of amides is 4. The highest BCUT2D eigenvalue weighted by Crippen LogP contribution is 2.31. The van der Waals surface area contributed by atoms with Gasteiger partial charge in [0.25, 0.3) is 11.8 Å². The Hall–Kier alpha value is -3.35. The molecule has 1 aromatic heterocycles. The smallest absolute Gasteiger partial charge is 0.271 e. The summed E-state index contributed by atoms with van der Waals surface area (Å²) in [6.07, 6.45) is 5.06. The first-order valence-corrected chi connectivity index (χ1v) is 15.6. The van der Waals surface area contributed by atoms with Crippen LogP contribution in [0.4, 0.5) is 0 Å². The summed E-state index contributed by atoms with van der Waals surface area (Å²) in [6, 6.07) is 4.43. The minimum absolute atomic E-state index is 0. The second-order valence-corrected chi connectivity index (χ2v) is 11.9. The van der Waals surface area contributed by atoms with E-state index in [0.29, 0.717) is 67.2 Å². The van der Waals surface area contributed by atoms with E-state index in [0.717, 1.165) is 32.1 Å². The summed E-state index contributed by atoms with van der Waals surface area (Å²) in [5, 5.41) is 6.65. The summed E-state index contributed by atoms with van der Waals surface area (Å²) in [6.45, 7) is 3.86. The second kappa shape index (κ2) is 16.3. The van der Waals surface area contributed by atoms with Gasteiger partial charge in [-0.3, -0.25) is 19.2 Å². The van der Waals surface area contributed by atoms with Crippen molar-refractivity contribution in [3.63, 3.8) is 0 Å². The number of likely N-dealkylation sites (N-methyl/N-ethyl adjacent to an activating group) is 2. The Labute approximate surface area is 272 Å². The Morgan fingerprint density at radius 1 is 1.02 bits per heavy atom. The van der Waals surface area contributed by atoms with Crippen molar-refractivity contribution in [2.45, 2.75) is 51.1 Å². The predicted molar refractivity (Wildman–Crippen MR) is 175 cm³/mol. The van der Waals surface area contributed by atoms with Gasteiger partial charge in [-0.15, -0.1) is 12.4 Å². The number of carbonyl (C=O) groups is 4. The van der Waals surface area contributed by atoms with Gasteiger partial charge in [-0.05, 0) is 44.9 Å². The predicted octanol–water partition coefficient (Wildman–Crippen LogP) is 2.28. The second-order valence-electron chi connectivity index (χ2n) is 11.9. The van der Waals surface area contributed by atoms with Crippen LogP contribution in [0.2, 0.25) is 0 Å². The number of nitrogens with zero attached hydrogens (tertiary/aromatic N) is 4. The number of hydrogen-bond donors (Lipinski definition) is 2. The van der Waals surface area contributed by atoms with E-state index in [9.17, 15) is 19.2 Å². The molecule has 250 valence electrons. The third-order valence-electron chi connectivity index (χ3n) is 9.19. The molecule has 0 spiro atoms. The molecule has 2 N–H and O–H groups in total. The zero-order valence-electron chi connectivity index (χ0n) is 27.4. The van der Waals surface area contributed by atoms with Crippen LogP contribution in [0.3, 0.4) is 0 Å². The van der Waals surface area contributed by atoms with Gasteiger partial charge in [0.2, 0.25) is 11.8 Å². The molecule has 12 nitrogen and oxygen atoms in total. The van der Waals surface area contributed by atoms with Crippen LogP contribution in [0.1, 0.15) is 59.9 Å². The number of fused-ring (bicyclic) bond motifs is 1. The first kappa shape index (κ1) is 36.1. The number of methoxy groups -OCH3 is 2. The molecule has 2 aliphatic rings. The van der Waals surface area contributed by atoms with E-state index in [1.54, 1.807) is 67.6 Å². The molecule has 1 aliphatic carbocycles. The van der Waals surface area contributed by atoms with Crippen LogP contribution in [-0.4, -0.2) is 123 Å². The van der Waals surface area contributed by atoms with Crippen molar-refractivity contribution in [3.05, 3.63) is 29.5 Å². The van der Waals surface area contributed by atoms with Crippen LogP contribution in [-0.2, 0) is 21.4 Å². The van der Waals surface area contributed by atoms with E-state index in [-0.39, 0.29) is 42.0 Å². The molecule has 13 heteroatoms. The number of halogens is 1. The number of benzene rings is 1. The average Bonchev–Trinajstić information content (AvgIpc) is 3.35. The molecule has 0 radical (unpaired) electrons. The molecule has 1 saturated heterocycles. The third kappa shape index (κ3) is 7.90. The molecule has 2 fully saturated rings. The van der Waals surface area contributed by atoms with Gasteiger partial charge in [0, 0.05) is 65.4 Å². The molecule has 2 unspecified atom stereocenters. The molecular formula is C32H49ClN6O6. The number of nitrogens with one attached hydrogen (secondary N) is 2. The fourth-order valence-corrected chi connectivity index (χ4v) is 6.27. The molecule has 2 atom stereocenters. The Balaban J connectivity index is 0.00000552. The van der Waals surface area contributed by atoms with Crippen molar-refractivity contribution in [2.75, 3.05) is 67.6 Å². The maximum absolute atomic E-state index is 14.1. The number of piperazine rings is 1. The lowest BCUT2D eigenvalue weighted by Crippen LogP contribution is -2.59. The molecule has 0 bridgehead atoms. The molecule has 45 heavy (non-hydrogen) atoms. The molecule has 1 aromatic carbocycles. The Bertz CT molecular complexity index is 1350. The molecule has 4 rings (SSSR count). The SMILES string of the molecule is CNC(C)C(=O)NC(C(=O)N1CCN(C(=O)c2c(C(=O)N(C)CCOC)c3ccc(OC)cc3n2C)CC1)C1CCCCC1.Cl. The van der Waals surface area contributed by atoms with Gasteiger partial charge in [0.1, 0.15) is 17.5 Å². The monoisotopic (exact) mass is 648 g/mol. The first-order valence-electron chi connectivity index (χ1n) is 15.6. The Kier molecular flexibility index (Phi) is 13.1. The van der Waals surface area contributed by atoms with Gasteiger partial charge >= 0.3 is 0 Å². The van der Waals surface area contributed by atoms with E-state index in [1.165, 1.54) is 0 Å².